The Labute approximate surface area is 239 Å². The van der Waals surface area contributed by atoms with Gasteiger partial charge in [0.05, 0.1) is 12.6 Å². The van der Waals surface area contributed by atoms with Crippen molar-refractivity contribution < 1.29 is 28.7 Å². The molecule has 1 unspecified atom stereocenters. The summed E-state index contributed by atoms with van der Waals surface area (Å²) in [7, 11) is 0. The third kappa shape index (κ3) is 9.34. The van der Waals surface area contributed by atoms with E-state index < -0.39 is 41.8 Å². The summed E-state index contributed by atoms with van der Waals surface area (Å²) in [6.07, 6.45) is 5.89. The summed E-state index contributed by atoms with van der Waals surface area (Å²) in [5, 5.41) is 8.10. The van der Waals surface area contributed by atoms with E-state index in [-0.39, 0.29) is 42.2 Å². The van der Waals surface area contributed by atoms with E-state index in [9.17, 15) is 24.0 Å². The van der Waals surface area contributed by atoms with Crippen molar-refractivity contribution in [3.8, 4) is 0 Å². The number of nitrogens with one attached hydrogen (secondary N) is 3. The Morgan fingerprint density at radius 2 is 1.70 bits per heavy atom. The van der Waals surface area contributed by atoms with Gasteiger partial charge >= 0.3 is 6.09 Å². The summed E-state index contributed by atoms with van der Waals surface area (Å²) in [6.45, 7) is 16.0. The van der Waals surface area contributed by atoms with E-state index in [1.54, 1.807) is 4.90 Å². The first-order valence-corrected chi connectivity index (χ1v) is 14.8. The lowest BCUT2D eigenvalue weighted by molar-refractivity contribution is -0.144. The second-order valence-electron chi connectivity index (χ2n) is 12.7. The van der Waals surface area contributed by atoms with Crippen LogP contribution in [0.4, 0.5) is 4.79 Å². The summed E-state index contributed by atoms with van der Waals surface area (Å²) < 4.78 is 5.42. The molecular formula is C30H50N4O6. The fraction of sp³-hybridized carbons (Fsp3) is 0.767. The van der Waals surface area contributed by atoms with Gasteiger partial charge in [0.1, 0.15) is 12.1 Å². The molecule has 4 amide bonds. The first-order chi connectivity index (χ1) is 18.8. The van der Waals surface area contributed by atoms with E-state index in [1.807, 2.05) is 41.5 Å². The van der Waals surface area contributed by atoms with Gasteiger partial charge in [-0.25, -0.2) is 4.79 Å². The van der Waals surface area contributed by atoms with Gasteiger partial charge in [-0.15, -0.1) is 6.58 Å². The lowest BCUT2D eigenvalue weighted by atomic mass is 9.87. The Morgan fingerprint density at radius 3 is 2.25 bits per heavy atom. The summed E-state index contributed by atoms with van der Waals surface area (Å²) >= 11 is 0. The molecule has 0 aromatic carbocycles. The normalized spacial score (nSPS) is 21.0. The molecule has 2 rings (SSSR count). The van der Waals surface area contributed by atoms with Crippen LogP contribution in [0.2, 0.25) is 0 Å². The van der Waals surface area contributed by atoms with Crippen molar-refractivity contribution >= 4 is 29.6 Å². The molecule has 10 nitrogen and oxygen atoms in total. The Kier molecular flexibility index (Phi) is 12.6. The van der Waals surface area contributed by atoms with Crippen LogP contribution < -0.4 is 16.0 Å². The minimum Gasteiger partial charge on any atom is -0.449 e. The van der Waals surface area contributed by atoms with Crippen LogP contribution in [-0.4, -0.2) is 72.3 Å². The van der Waals surface area contributed by atoms with Crippen molar-refractivity contribution in [3.05, 3.63) is 12.7 Å². The maximum absolute atomic E-state index is 14.1. The van der Waals surface area contributed by atoms with E-state index in [1.165, 1.54) is 6.08 Å². The molecule has 2 fully saturated rings. The van der Waals surface area contributed by atoms with E-state index in [0.717, 1.165) is 25.7 Å². The van der Waals surface area contributed by atoms with Gasteiger partial charge in [0.25, 0.3) is 5.91 Å². The summed E-state index contributed by atoms with van der Waals surface area (Å²) in [5.74, 6) is -2.33. The van der Waals surface area contributed by atoms with Crippen molar-refractivity contribution in [2.24, 2.45) is 23.2 Å². The molecule has 0 aromatic heterocycles. The Hall–Kier alpha value is -2.91. The number of nitrogens with zero attached hydrogens (tertiary/aromatic N) is 1. The number of ketones is 1. The van der Waals surface area contributed by atoms with E-state index in [2.05, 4.69) is 22.5 Å². The standard InChI is InChI=1S/C30H50N4O6/c1-8-12-22(25(35)27(37)31-16-9-2)32-26(36)24-21(19(3)4)15-17-34(24)28(38)23(20-13-10-11-14-20)33-29(39)40-18-30(5,6)7/h9,19-24H,2,8,10-18H2,1,3-7H3,(H,31,37)(H,32,36)(H,33,39)/t21-,22?,23+,24+/m1/s1. The van der Waals surface area contributed by atoms with Crippen LogP contribution in [0.15, 0.2) is 12.7 Å². The molecule has 1 heterocycles. The number of likely N-dealkylation sites (tertiary alicyclic amines) is 1. The van der Waals surface area contributed by atoms with Gasteiger partial charge < -0.3 is 25.6 Å². The second-order valence-corrected chi connectivity index (χ2v) is 12.7. The van der Waals surface area contributed by atoms with Crippen molar-refractivity contribution in [3.63, 3.8) is 0 Å². The molecule has 2 aliphatic rings. The minimum absolute atomic E-state index is 0.0422. The summed E-state index contributed by atoms with van der Waals surface area (Å²) in [6, 6.07) is -2.61. The zero-order valence-corrected chi connectivity index (χ0v) is 25.2. The fourth-order valence-electron chi connectivity index (χ4n) is 5.62. The number of rotatable bonds is 13. The highest BCUT2D eigenvalue weighted by Gasteiger charge is 2.47. The van der Waals surface area contributed by atoms with Crippen molar-refractivity contribution in [2.75, 3.05) is 19.7 Å². The monoisotopic (exact) mass is 562 g/mol. The first kappa shape index (κ1) is 33.3. The molecule has 4 atom stereocenters. The largest absolute Gasteiger partial charge is 0.449 e. The van der Waals surface area contributed by atoms with Gasteiger partial charge in [0, 0.05) is 13.1 Å². The fourth-order valence-corrected chi connectivity index (χ4v) is 5.62. The van der Waals surface area contributed by atoms with E-state index in [4.69, 9.17) is 4.74 Å². The van der Waals surface area contributed by atoms with Crippen molar-refractivity contribution in [1.29, 1.82) is 0 Å². The molecular weight excluding hydrogens is 512 g/mol. The predicted octanol–water partition coefficient (Wildman–Crippen LogP) is 3.35. The minimum atomic E-state index is -0.996. The van der Waals surface area contributed by atoms with Gasteiger partial charge in [-0.2, -0.15) is 0 Å². The predicted molar refractivity (Wildman–Crippen MR) is 153 cm³/mol. The van der Waals surface area contributed by atoms with Crippen molar-refractivity contribution in [1.82, 2.24) is 20.9 Å². The van der Waals surface area contributed by atoms with Crippen LogP contribution in [-0.2, 0) is 23.9 Å². The quantitative estimate of drug-likeness (QED) is 0.233. The molecule has 1 aliphatic carbocycles. The number of hydrogen-bond acceptors (Lipinski definition) is 6. The molecule has 1 saturated heterocycles. The van der Waals surface area contributed by atoms with Crippen molar-refractivity contribution in [2.45, 2.75) is 105 Å². The molecule has 1 aliphatic heterocycles. The van der Waals surface area contributed by atoms with Gasteiger partial charge in [-0.1, -0.05) is 66.9 Å². The highest BCUT2D eigenvalue weighted by Crippen LogP contribution is 2.34. The smallest absolute Gasteiger partial charge is 0.407 e. The highest BCUT2D eigenvalue weighted by molar-refractivity contribution is 6.38. The SMILES string of the molecule is C=CCNC(=O)C(=O)C(CCC)NC(=O)[C@@H]1[C@@H](C(C)C)CCN1C(=O)[C@@H](NC(=O)OCC(C)(C)C)C1CCCC1. The molecule has 226 valence electrons. The molecule has 0 aromatic rings. The lowest BCUT2D eigenvalue weighted by Crippen LogP contribution is -2.59. The van der Waals surface area contributed by atoms with Crippen LogP contribution in [0.25, 0.3) is 0 Å². The number of Topliss-reactive ketones (excluding diaryl/α,β-unsaturated/α-hetero) is 1. The van der Waals surface area contributed by atoms with Crippen LogP contribution >= 0.6 is 0 Å². The van der Waals surface area contributed by atoms with Crippen LogP contribution in [0, 0.1) is 23.2 Å². The molecule has 0 radical (unpaired) electrons. The topological polar surface area (TPSA) is 134 Å². The number of ether oxygens (including phenoxy) is 1. The molecule has 1 saturated carbocycles. The molecule has 40 heavy (non-hydrogen) atoms. The zero-order chi connectivity index (χ0) is 30.0. The van der Waals surface area contributed by atoms with Crippen LogP contribution in [0.5, 0.6) is 0 Å². The van der Waals surface area contributed by atoms with Gasteiger partial charge in [-0.3, -0.25) is 19.2 Å². The average molecular weight is 563 g/mol. The van der Waals surface area contributed by atoms with Gasteiger partial charge in [0.15, 0.2) is 0 Å². The molecule has 3 N–H and O–H groups in total. The Balaban J connectivity index is 2.28. The third-order valence-corrected chi connectivity index (χ3v) is 7.74. The highest BCUT2D eigenvalue weighted by atomic mass is 16.5. The Morgan fingerprint density at radius 1 is 1.05 bits per heavy atom. The number of hydrogen-bond donors (Lipinski definition) is 3. The number of carbonyl (C=O) groups is 5. The van der Waals surface area contributed by atoms with E-state index in [0.29, 0.717) is 25.8 Å². The average Bonchev–Trinajstić information content (AvgIpc) is 3.58. The van der Waals surface area contributed by atoms with Gasteiger partial charge in [-0.05, 0) is 48.9 Å². The lowest BCUT2D eigenvalue weighted by Gasteiger charge is -2.34. The summed E-state index contributed by atoms with van der Waals surface area (Å²) in [4.78, 5) is 67.3. The number of alkyl carbamates (subject to hydrolysis) is 1. The maximum Gasteiger partial charge on any atom is 0.407 e. The van der Waals surface area contributed by atoms with Gasteiger partial charge in [0.2, 0.25) is 17.6 Å². The number of amides is 4. The molecule has 0 bridgehead atoms. The Bertz CT molecular complexity index is 922. The summed E-state index contributed by atoms with van der Waals surface area (Å²) in [5.41, 5.74) is -0.220. The molecule has 0 spiro atoms. The zero-order valence-electron chi connectivity index (χ0n) is 25.2. The number of carbonyl (C=O) groups excluding carboxylic acids is 5. The third-order valence-electron chi connectivity index (χ3n) is 7.74. The van der Waals surface area contributed by atoms with E-state index >= 15 is 0 Å². The maximum atomic E-state index is 14.1. The van der Waals surface area contributed by atoms with Crippen LogP contribution in [0.3, 0.4) is 0 Å². The first-order valence-electron chi connectivity index (χ1n) is 14.8. The molecule has 10 heteroatoms. The second kappa shape index (κ2) is 15.2. The van der Waals surface area contributed by atoms with Crippen LogP contribution in [0.1, 0.15) is 86.5 Å².